The van der Waals surface area contributed by atoms with Gasteiger partial charge < -0.3 is 4.90 Å². The Morgan fingerprint density at radius 2 is 1.33 bits per heavy atom. The number of nitrogens with zero attached hydrogens (tertiary/aromatic N) is 1. The van der Waals surface area contributed by atoms with Crippen molar-refractivity contribution in [1.29, 1.82) is 0 Å². The van der Waals surface area contributed by atoms with Gasteiger partial charge in [0.1, 0.15) is 0 Å². The largest absolute Gasteiger partial charge is 0.336 e. The SMILES string of the molecule is CC(C)c1ccc2cc3c(cc2c1)C1CC(c2cc(-c4ccccc4)cc(C4C=CC=CC4)c2)C2CC24c2cc5cc(C(C)C)ccc5cc2N3C14. The van der Waals surface area contributed by atoms with E-state index < -0.39 is 0 Å². The van der Waals surface area contributed by atoms with E-state index in [1.54, 1.807) is 16.7 Å². The maximum Gasteiger partial charge on any atom is 0.0512 e. The minimum atomic E-state index is 0.176. The fraction of sp³-hybridized carbons (Fsp3) is 0.294. The van der Waals surface area contributed by atoms with Crippen molar-refractivity contribution in [3.63, 3.8) is 0 Å². The van der Waals surface area contributed by atoms with Gasteiger partial charge in [-0.2, -0.15) is 0 Å². The average molecular weight is 674 g/mol. The third-order valence-electron chi connectivity index (χ3n) is 13.9. The minimum Gasteiger partial charge on any atom is -0.336 e. The zero-order chi connectivity index (χ0) is 34.9. The van der Waals surface area contributed by atoms with Crippen LogP contribution in [-0.4, -0.2) is 6.04 Å². The molecule has 2 saturated carbocycles. The molecule has 6 aromatic carbocycles. The van der Waals surface area contributed by atoms with Crippen LogP contribution in [0.5, 0.6) is 0 Å². The Morgan fingerprint density at radius 3 is 2.04 bits per heavy atom. The quantitative estimate of drug-likeness (QED) is 0.176. The Hall–Kier alpha value is -4.88. The zero-order valence-corrected chi connectivity index (χ0v) is 30.8. The van der Waals surface area contributed by atoms with Crippen molar-refractivity contribution in [1.82, 2.24) is 0 Å². The third-order valence-corrected chi connectivity index (χ3v) is 13.9. The van der Waals surface area contributed by atoms with Gasteiger partial charge in [0.05, 0.1) is 6.04 Å². The van der Waals surface area contributed by atoms with Crippen molar-refractivity contribution in [2.75, 3.05) is 4.90 Å². The summed E-state index contributed by atoms with van der Waals surface area (Å²) >= 11 is 0. The van der Waals surface area contributed by atoms with E-state index >= 15 is 0 Å². The highest BCUT2D eigenvalue weighted by Gasteiger charge is 2.74. The third kappa shape index (κ3) is 4.35. The van der Waals surface area contributed by atoms with E-state index in [1.165, 1.54) is 73.6 Å². The first-order chi connectivity index (χ1) is 25.4. The molecule has 1 spiro atoms. The molecular weight excluding hydrogens is 627 g/mol. The topological polar surface area (TPSA) is 3.24 Å². The van der Waals surface area contributed by atoms with Gasteiger partial charge in [-0.1, -0.05) is 137 Å². The van der Waals surface area contributed by atoms with E-state index in [0.29, 0.717) is 41.5 Å². The predicted octanol–water partition coefficient (Wildman–Crippen LogP) is 13.6. The number of allylic oxidation sites excluding steroid dienone is 4. The standard InChI is InChI=1S/C51H47N/c1-30(2)34-15-17-36-26-48-44(24-40(36)19-34)45-28-43(42-22-38(32-11-7-5-8-12-32)21-39(23-42)33-13-9-6-10-14-33)47-29-51(47)46-25-41-20-35(31(3)4)16-18-37(41)27-49(46)52(48)50(45)51/h5-13,15-27,30-31,33,43,45,47,50H,14,28-29H2,1-4H3. The molecule has 256 valence electrons. The molecule has 6 atom stereocenters. The fourth-order valence-electron chi connectivity index (χ4n) is 11.2. The molecule has 3 aliphatic carbocycles. The maximum absolute atomic E-state index is 2.84. The highest BCUT2D eigenvalue weighted by Crippen LogP contribution is 2.78. The Labute approximate surface area is 308 Å². The van der Waals surface area contributed by atoms with E-state index in [9.17, 15) is 0 Å². The summed E-state index contributed by atoms with van der Waals surface area (Å²) in [5.41, 5.74) is 14.9. The van der Waals surface area contributed by atoms with Crippen molar-refractivity contribution < 1.29 is 0 Å². The number of anilines is 2. The van der Waals surface area contributed by atoms with Gasteiger partial charge in [0.2, 0.25) is 0 Å². The molecule has 0 saturated heterocycles. The van der Waals surface area contributed by atoms with Gasteiger partial charge in [-0.25, -0.2) is 0 Å². The van der Waals surface area contributed by atoms with E-state index in [4.69, 9.17) is 0 Å². The molecule has 0 N–H and O–H groups in total. The summed E-state index contributed by atoms with van der Waals surface area (Å²) in [5, 5.41) is 5.55. The number of rotatable bonds is 5. The Balaban J connectivity index is 1.12. The summed E-state index contributed by atoms with van der Waals surface area (Å²) in [5.74, 6) is 3.12. The lowest BCUT2D eigenvalue weighted by Crippen LogP contribution is -2.40. The second-order valence-electron chi connectivity index (χ2n) is 17.3. The molecule has 2 fully saturated rings. The minimum absolute atomic E-state index is 0.176. The molecular formula is C51H47N. The summed E-state index contributed by atoms with van der Waals surface area (Å²) in [7, 11) is 0. The summed E-state index contributed by atoms with van der Waals surface area (Å²) in [4.78, 5) is 2.84. The molecule has 1 heteroatoms. The van der Waals surface area contributed by atoms with Gasteiger partial charge in [0, 0.05) is 28.6 Å². The number of hydrogen-bond donors (Lipinski definition) is 0. The van der Waals surface area contributed by atoms with Crippen molar-refractivity contribution in [2.45, 2.75) is 88.0 Å². The molecule has 5 aliphatic rings. The van der Waals surface area contributed by atoms with E-state index in [0.717, 1.165) is 6.42 Å². The van der Waals surface area contributed by atoms with Gasteiger partial charge >= 0.3 is 0 Å². The fourth-order valence-corrected chi connectivity index (χ4v) is 11.2. The molecule has 1 nitrogen and oxygen atoms in total. The predicted molar refractivity (Wildman–Crippen MR) is 219 cm³/mol. The summed E-state index contributed by atoms with van der Waals surface area (Å²) in [6, 6.07) is 44.0. The first-order valence-electron chi connectivity index (χ1n) is 19.9. The summed E-state index contributed by atoms with van der Waals surface area (Å²) in [6.07, 6.45) is 12.8. The highest BCUT2D eigenvalue weighted by molar-refractivity contribution is 5.97. The van der Waals surface area contributed by atoms with E-state index in [-0.39, 0.29) is 5.41 Å². The molecule has 11 rings (SSSR count). The molecule has 0 radical (unpaired) electrons. The first-order valence-corrected chi connectivity index (χ1v) is 19.9. The highest BCUT2D eigenvalue weighted by atomic mass is 15.3. The lowest BCUT2D eigenvalue weighted by molar-refractivity contribution is 0.321. The van der Waals surface area contributed by atoms with Crippen LogP contribution in [0.2, 0.25) is 0 Å². The van der Waals surface area contributed by atoms with Crippen LogP contribution >= 0.6 is 0 Å². The number of benzene rings is 6. The smallest absolute Gasteiger partial charge is 0.0512 e. The van der Waals surface area contributed by atoms with E-state index in [1.807, 2.05) is 0 Å². The van der Waals surface area contributed by atoms with Crippen LogP contribution in [0.25, 0.3) is 32.7 Å². The van der Waals surface area contributed by atoms with Gasteiger partial charge in [0.15, 0.2) is 0 Å². The molecule has 0 bridgehead atoms. The van der Waals surface area contributed by atoms with Crippen LogP contribution in [0, 0.1) is 5.92 Å². The normalized spacial score (nSPS) is 26.3. The number of hydrogen-bond acceptors (Lipinski definition) is 1. The van der Waals surface area contributed by atoms with Gasteiger partial charge in [-0.15, -0.1) is 0 Å². The molecule has 2 heterocycles. The van der Waals surface area contributed by atoms with Crippen molar-refractivity contribution >= 4 is 32.9 Å². The van der Waals surface area contributed by atoms with Crippen LogP contribution in [0.4, 0.5) is 11.4 Å². The van der Waals surface area contributed by atoms with Gasteiger partial charge in [-0.05, 0) is 133 Å². The Bertz CT molecular complexity index is 2500. The van der Waals surface area contributed by atoms with Crippen LogP contribution in [-0.2, 0) is 5.41 Å². The van der Waals surface area contributed by atoms with Crippen molar-refractivity contribution in [3.8, 4) is 11.1 Å². The summed E-state index contributed by atoms with van der Waals surface area (Å²) in [6.45, 7) is 9.27. The van der Waals surface area contributed by atoms with Crippen molar-refractivity contribution in [3.05, 3.63) is 167 Å². The molecule has 52 heavy (non-hydrogen) atoms. The van der Waals surface area contributed by atoms with Gasteiger partial charge in [0.25, 0.3) is 0 Å². The monoisotopic (exact) mass is 673 g/mol. The second-order valence-corrected chi connectivity index (χ2v) is 17.3. The van der Waals surface area contributed by atoms with Crippen LogP contribution in [0.1, 0.15) is 110 Å². The van der Waals surface area contributed by atoms with Crippen LogP contribution < -0.4 is 4.90 Å². The Morgan fingerprint density at radius 1 is 0.615 bits per heavy atom. The Kier molecular flexibility index (Phi) is 6.54. The maximum atomic E-state index is 2.84. The average Bonchev–Trinajstić information content (AvgIpc) is 3.78. The molecule has 0 aromatic heterocycles. The lowest BCUT2D eigenvalue weighted by atomic mass is 9.67. The van der Waals surface area contributed by atoms with Crippen LogP contribution in [0.15, 0.2) is 133 Å². The second kappa shape index (κ2) is 11.1. The lowest BCUT2D eigenvalue weighted by Gasteiger charge is -2.38. The first kappa shape index (κ1) is 30.7. The molecule has 6 aromatic rings. The number of fused-ring (bicyclic) bond motifs is 7. The van der Waals surface area contributed by atoms with Crippen LogP contribution in [0.3, 0.4) is 0 Å². The van der Waals surface area contributed by atoms with E-state index in [2.05, 4.69) is 166 Å². The van der Waals surface area contributed by atoms with Crippen molar-refractivity contribution in [2.24, 2.45) is 5.92 Å². The van der Waals surface area contributed by atoms with Gasteiger partial charge in [-0.3, -0.25) is 0 Å². The zero-order valence-electron chi connectivity index (χ0n) is 30.8. The molecule has 6 unspecified atom stereocenters. The molecule has 2 aliphatic heterocycles. The summed E-state index contributed by atoms with van der Waals surface area (Å²) < 4.78 is 0. The molecule has 0 amide bonds.